The van der Waals surface area contributed by atoms with Crippen LogP contribution >= 0.6 is 0 Å². The molecule has 0 fully saturated rings. The normalized spacial score (nSPS) is 12.8. The summed E-state index contributed by atoms with van der Waals surface area (Å²) in [6.45, 7) is 3.47. The zero-order valence-corrected chi connectivity index (χ0v) is 11.8. The second-order valence-corrected chi connectivity index (χ2v) is 4.74. The lowest BCUT2D eigenvalue weighted by atomic mass is 10.1. The van der Waals surface area contributed by atoms with Crippen LogP contribution in [-0.2, 0) is 6.18 Å². The van der Waals surface area contributed by atoms with Crippen molar-refractivity contribution in [3.63, 3.8) is 0 Å². The van der Waals surface area contributed by atoms with E-state index < -0.39 is 38.6 Å². The molecule has 0 aliphatic carbocycles. The molecule has 0 radical (unpaired) electrons. The van der Waals surface area contributed by atoms with Gasteiger partial charge in [-0.1, -0.05) is 13.3 Å². The molecule has 10 heteroatoms. The van der Waals surface area contributed by atoms with Gasteiger partial charge in [-0.2, -0.15) is 13.2 Å². The van der Waals surface area contributed by atoms with E-state index in [0.717, 1.165) is 0 Å². The van der Waals surface area contributed by atoms with Crippen LogP contribution in [0.5, 0.6) is 0 Å². The van der Waals surface area contributed by atoms with Crippen LogP contribution in [0.1, 0.15) is 32.3 Å². The van der Waals surface area contributed by atoms with Crippen molar-refractivity contribution in [1.29, 1.82) is 0 Å². The van der Waals surface area contributed by atoms with Crippen LogP contribution in [0.25, 0.3) is 0 Å². The zero-order valence-electron chi connectivity index (χ0n) is 11.8. The second kappa shape index (κ2) is 6.58. The summed E-state index contributed by atoms with van der Waals surface area (Å²) in [4.78, 5) is 19.8. The van der Waals surface area contributed by atoms with Gasteiger partial charge in [-0.25, -0.2) is 0 Å². The van der Waals surface area contributed by atoms with Crippen molar-refractivity contribution < 1.29 is 23.0 Å². The van der Waals surface area contributed by atoms with E-state index in [-0.39, 0.29) is 6.04 Å². The molecule has 0 aromatic heterocycles. The SMILES string of the molecule is CCCC(C)Nc1c([N+](=O)[O-])cc(C(F)(F)F)cc1[N+](=O)[O-]. The van der Waals surface area contributed by atoms with Crippen LogP contribution in [0.3, 0.4) is 0 Å². The fourth-order valence-electron chi connectivity index (χ4n) is 1.96. The Morgan fingerprint density at radius 2 is 1.64 bits per heavy atom. The molecule has 0 saturated heterocycles. The average Bonchev–Trinajstić information content (AvgIpc) is 2.36. The van der Waals surface area contributed by atoms with Crippen LogP contribution in [0.15, 0.2) is 12.1 Å². The molecular formula is C12H14F3N3O4. The molecule has 0 aliphatic rings. The van der Waals surface area contributed by atoms with E-state index >= 15 is 0 Å². The minimum atomic E-state index is -4.91. The third-order valence-corrected chi connectivity index (χ3v) is 2.93. The third kappa shape index (κ3) is 4.06. The summed E-state index contributed by atoms with van der Waals surface area (Å²) < 4.78 is 38.2. The lowest BCUT2D eigenvalue weighted by Crippen LogP contribution is -2.18. The van der Waals surface area contributed by atoms with Crippen molar-refractivity contribution in [2.45, 2.75) is 38.9 Å². The third-order valence-electron chi connectivity index (χ3n) is 2.93. The van der Waals surface area contributed by atoms with E-state index in [1.54, 1.807) is 6.92 Å². The maximum atomic E-state index is 12.7. The van der Waals surface area contributed by atoms with Crippen LogP contribution in [0.4, 0.5) is 30.2 Å². The minimum Gasteiger partial charge on any atom is -0.371 e. The largest absolute Gasteiger partial charge is 0.416 e. The number of nitro groups is 2. The maximum absolute atomic E-state index is 12.7. The van der Waals surface area contributed by atoms with Crippen molar-refractivity contribution in [1.82, 2.24) is 0 Å². The highest BCUT2D eigenvalue weighted by atomic mass is 19.4. The quantitative estimate of drug-likeness (QED) is 0.627. The van der Waals surface area contributed by atoms with Gasteiger partial charge in [0.25, 0.3) is 11.4 Å². The predicted molar refractivity (Wildman–Crippen MR) is 72.7 cm³/mol. The standard InChI is InChI=1S/C12H14F3N3O4/c1-3-4-7(2)16-11-9(17(19)20)5-8(12(13,14)15)6-10(11)18(21)22/h5-7,16H,3-4H2,1-2H3. The Morgan fingerprint density at radius 1 is 1.18 bits per heavy atom. The fourth-order valence-corrected chi connectivity index (χ4v) is 1.96. The molecule has 0 aliphatic heterocycles. The zero-order chi connectivity index (χ0) is 17.1. The summed E-state index contributed by atoms with van der Waals surface area (Å²) >= 11 is 0. The summed E-state index contributed by atoms with van der Waals surface area (Å²) in [5.74, 6) is 0. The van der Waals surface area contributed by atoms with Crippen LogP contribution in [0, 0.1) is 20.2 Å². The Bertz CT molecular complexity index is 554. The first-order valence-corrected chi connectivity index (χ1v) is 6.38. The van der Waals surface area contributed by atoms with Crippen molar-refractivity contribution in [3.05, 3.63) is 37.9 Å². The van der Waals surface area contributed by atoms with Gasteiger partial charge >= 0.3 is 6.18 Å². The van der Waals surface area contributed by atoms with Gasteiger partial charge in [-0.15, -0.1) is 0 Å². The summed E-state index contributed by atoms with van der Waals surface area (Å²) in [5, 5.41) is 24.6. The smallest absolute Gasteiger partial charge is 0.371 e. The number of anilines is 1. The van der Waals surface area contributed by atoms with Crippen LogP contribution < -0.4 is 5.32 Å². The number of nitrogens with one attached hydrogen (secondary N) is 1. The van der Waals surface area contributed by atoms with Crippen LogP contribution in [0.2, 0.25) is 0 Å². The average molecular weight is 321 g/mol. The van der Waals surface area contributed by atoms with Gasteiger partial charge in [0.2, 0.25) is 0 Å². The first-order valence-electron chi connectivity index (χ1n) is 6.38. The monoisotopic (exact) mass is 321 g/mol. The fraction of sp³-hybridized carbons (Fsp3) is 0.500. The predicted octanol–water partition coefficient (Wildman–Crippen LogP) is 4.12. The molecule has 1 N–H and O–H groups in total. The van der Waals surface area contributed by atoms with E-state index in [2.05, 4.69) is 5.32 Å². The summed E-state index contributed by atoms with van der Waals surface area (Å²) in [7, 11) is 0. The summed E-state index contributed by atoms with van der Waals surface area (Å²) in [6.07, 6.45) is -3.66. The second-order valence-electron chi connectivity index (χ2n) is 4.74. The van der Waals surface area contributed by atoms with E-state index in [0.29, 0.717) is 25.0 Å². The molecular weight excluding hydrogens is 307 g/mol. The van der Waals surface area contributed by atoms with Crippen molar-refractivity contribution >= 4 is 17.1 Å². The molecule has 1 atom stereocenters. The molecule has 0 heterocycles. The Kier molecular flexibility index (Phi) is 5.28. The summed E-state index contributed by atoms with van der Waals surface area (Å²) in [5.41, 5.74) is -3.88. The number of alkyl halides is 3. The molecule has 22 heavy (non-hydrogen) atoms. The lowest BCUT2D eigenvalue weighted by Gasteiger charge is -2.15. The molecule has 1 unspecified atom stereocenters. The molecule has 0 bridgehead atoms. The van der Waals surface area contributed by atoms with Crippen molar-refractivity contribution in [2.24, 2.45) is 0 Å². The summed E-state index contributed by atoms with van der Waals surface area (Å²) in [6, 6.07) is 0.237. The van der Waals surface area contributed by atoms with Gasteiger partial charge in [0.05, 0.1) is 15.4 Å². The Hall–Kier alpha value is -2.39. The minimum absolute atomic E-state index is 0.300. The molecule has 0 saturated carbocycles. The first-order chi connectivity index (χ1) is 10.1. The van der Waals surface area contributed by atoms with E-state index in [1.165, 1.54) is 0 Å². The van der Waals surface area contributed by atoms with Gasteiger partial charge in [0.1, 0.15) is 0 Å². The first kappa shape index (κ1) is 17.7. The van der Waals surface area contributed by atoms with Gasteiger partial charge in [-0.3, -0.25) is 20.2 Å². The Labute approximate surface area is 123 Å². The molecule has 122 valence electrons. The number of halogens is 3. The van der Waals surface area contributed by atoms with E-state index in [1.807, 2.05) is 6.92 Å². The molecule has 1 aromatic carbocycles. The van der Waals surface area contributed by atoms with Crippen molar-refractivity contribution in [2.75, 3.05) is 5.32 Å². The number of nitro benzene ring substituents is 2. The Morgan fingerprint density at radius 3 is 1.95 bits per heavy atom. The molecule has 0 amide bonds. The van der Waals surface area contributed by atoms with E-state index in [9.17, 15) is 33.4 Å². The number of benzene rings is 1. The van der Waals surface area contributed by atoms with Gasteiger partial charge in [0.15, 0.2) is 5.69 Å². The van der Waals surface area contributed by atoms with Gasteiger partial charge < -0.3 is 5.32 Å². The molecule has 1 aromatic rings. The lowest BCUT2D eigenvalue weighted by molar-refractivity contribution is -0.392. The molecule has 0 spiro atoms. The van der Waals surface area contributed by atoms with E-state index in [4.69, 9.17) is 0 Å². The number of hydrogen-bond donors (Lipinski definition) is 1. The topological polar surface area (TPSA) is 98.3 Å². The Balaban J connectivity index is 3.51. The van der Waals surface area contributed by atoms with Crippen molar-refractivity contribution in [3.8, 4) is 0 Å². The highest BCUT2D eigenvalue weighted by Gasteiger charge is 2.37. The van der Waals surface area contributed by atoms with Gasteiger partial charge in [-0.05, 0) is 13.3 Å². The van der Waals surface area contributed by atoms with Gasteiger partial charge in [0, 0.05) is 18.2 Å². The number of nitrogens with zero attached hydrogens (tertiary/aromatic N) is 2. The highest BCUT2D eigenvalue weighted by Crippen LogP contribution is 2.41. The number of rotatable bonds is 6. The number of hydrogen-bond acceptors (Lipinski definition) is 5. The molecule has 1 rings (SSSR count). The highest BCUT2D eigenvalue weighted by molar-refractivity contribution is 5.75. The van der Waals surface area contributed by atoms with Crippen LogP contribution in [-0.4, -0.2) is 15.9 Å². The maximum Gasteiger partial charge on any atom is 0.416 e. The molecule has 7 nitrogen and oxygen atoms in total.